The van der Waals surface area contributed by atoms with Gasteiger partial charge < -0.3 is 5.73 Å². The maximum atomic E-state index is 12.3. The molecule has 1 unspecified atom stereocenters. The topological polar surface area (TPSA) is 99.3 Å². The largest absolute Gasteiger partial charge is 0.384 e. The molecule has 116 valence electrons. The van der Waals surface area contributed by atoms with Crippen molar-refractivity contribution in [3.05, 3.63) is 35.4 Å². The summed E-state index contributed by atoms with van der Waals surface area (Å²) in [7, 11) is -3.44. The molecule has 1 heterocycles. The van der Waals surface area contributed by atoms with Gasteiger partial charge in [0, 0.05) is 24.7 Å². The van der Waals surface area contributed by atoms with Gasteiger partial charge in [-0.25, -0.2) is 0 Å². The molecule has 0 aliphatic carbocycles. The van der Waals surface area contributed by atoms with Crippen LogP contribution in [0.15, 0.2) is 24.3 Å². The van der Waals surface area contributed by atoms with Gasteiger partial charge in [0.05, 0.1) is 0 Å². The summed E-state index contributed by atoms with van der Waals surface area (Å²) in [6.45, 7) is 2.77. The van der Waals surface area contributed by atoms with Crippen molar-refractivity contribution in [1.82, 2.24) is 9.03 Å². The van der Waals surface area contributed by atoms with E-state index in [9.17, 15) is 8.42 Å². The van der Waals surface area contributed by atoms with E-state index in [0.29, 0.717) is 12.1 Å². The van der Waals surface area contributed by atoms with Crippen molar-refractivity contribution in [2.45, 2.75) is 38.8 Å². The van der Waals surface area contributed by atoms with Crippen molar-refractivity contribution in [3.8, 4) is 0 Å². The van der Waals surface area contributed by atoms with E-state index in [1.165, 1.54) is 0 Å². The lowest BCUT2D eigenvalue weighted by Gasteiger charge is -2.32. The van der Waals surface area contributed by atoms with E-state index in [1.807, 2.05) is 6.92 Å². The number of hydrogen-bond donors (Lipinski definition) is 3. The number of piperidine rings is 1. The summed E-state index contributed by atoms with van der Waals surface area (Å²) >= 11 is 0. The standard InChI is InChI=1S/C14H22N4O2S/c1-11-4-2-3-9-18(11)21(19,20)17-10-12-5-7-13(8-6-12)14(15)16/h5-8,11,17H,2-4,9-10H2,1H3,(H3,15,16). The summed E-state index contributed by atoms with van der Waals surface area (Å²) in [5.41, 5.74) is 6.86. The first kappa shape index (κ1) is 15.9. The zero-order valence-corrected chi connectivity index (χ0v) is 13.0. The van der Waals surface area contributed by atoms with Gasteiger partial charge in [-0.2, -0.15) is 17.4 Å². The lowest BCUT2D eigenvalue weighted by molar-refractivity contribution is 0.265. The first-order chi connectivity index (χ1) is 9.90. The smallest absolute Gasteiger partial charge is 0.279 e. The first-order valence-corrected chi connectivity index (χ1v) is 8.54. The third-order valence-electron chi connectivity index (χ3n) is 3.77. The Morgan fingerprint density at radius 1 is 1.38 bits per heavy atom. The molecule has 0 amide bonds. The number of nitrogens with one attached hydrogen (secondary N) is 2. The second-order valence-corrected chi connectivity index (χ2v) is 7.10. The Kier molecular flexibility index (Phi) is 4.97. The number of nitrogen functional groups attached to an aromatic ring is 1. The van der Waals surface area contributed by atoms with Crippen LogP contribution in [-0.2, 0) is 16.8 Å². The van der Waals surface area contributed by atoms with Crippen molar-refractivity contribution in [1.29, 1.82) is 5.41 Å². The minimum absolute atomic E-state index is 0.00396. The third kappa shape index (κ3) is 4.03. The van der Waals surface area contributed by atoms with Gasteiger partial charge in [0.15, 0.2) is 0 Å². The lowest BCUT2D eigenvalue weighted by Crippen LogP contribution is -2.47. The molecule has 7 heteroatoms. The summed E-state index contributed by atoms with van der Waals surface area (Å²) < 4.78 is 28.8. The van der Waals surface area contributed by atoms with Crippen molar-refractivity contribution in [3.63, 3.8) is 0 Å². The van der Waals surface area contributed by atoms with E-state index in [-0.39, 0.29) is 18.4 Å². The van der Waals surface area contributed by atoms with Crippen molar-refractivity contribution >= 4 is 16.0 Å². The Balaban J connectivity index is 1.99. The van der Waals surface area contributed by atoms with Gasteiger partial charge in [-0.05, 0) is 25.3 Å². The molecular formula is C14H22N4O2S. The fourth-order valence-electron chi connectivity index (χ4n) is 2.49. The minimum Gasteiger partial charge on any atom is -0.384 e. The quantitative estimate of drug-likeness (QED) is 0.562. The third-order valence-corrected chi connectivity index (χ3v) is 5.44. The Hall–Kier alpha value is -1.44. The van der Waals surface area contributed by atoms with E-state index in [4.69, 9.17) is 11.1 Å². The Labute approximate surface area is 126 Å². The highest BCUT2D eigenvalue weighted by Crippen LogP contribution is 2.19. The van der Waals surface area contributed by atoms with Gasteiger partial charge in [0.25, 0.3) is 10.2 Å². The molecule has 0 saturated carbocycles. The number of rotatable bonds is 5. The molecule has 0 radical (unpaired) electrons. The van der Waals surface area contributed by atoms with E-state index in [1.54, 1.807) is 28.6 Å². The second kappa shape index (κ2) is 6.55. The summed E-state index contributed by atoms with van der Waals surface area (Å²) in [4.78, 5) is 0. The molecule has 1 atom stereocenters. The molecule has 1 aromatic carbocycles. The average molecular weight is 310 g/mol. The molecule has 0 aromatic heterocycles. The first-order valence-electron chi connectivity index (χ1n) is 7.10. The molecular weight excluding hydrogens is 288 g/mol. The Morgan fingerprint density at radius 2 is 2.05 bits per heavy atom. The van der Waals surface area contributed by atoms with Crippen LogP contribution in [0.3, 0.4) is 0 Å². The molecule has 1 fully saturated rings. The second-order valence-electron chi connectivity index (χ2n) is 5.39. The van der Waals surface area contributed by atoms with Gasteiger partial charge >= 0.3 is 0 Å². The highest BCUT2D eigenvalue weighted by atomic mass is 32.2. The van der Waals surface area contributed by atoms with Crippen LogP contribution in [0.25, 0.3) is 0 Å². The SMILES string of the molecule is CC1CCCCN1S(=O)(=O)NCc1ccc(C(=N)N)cc1. The van der Waals surface area contributed by atoms with Gasteiger partial charge in [-0.1, -0.05) is 30.7 Å². The number of nitrogens with two attached hydrogens (primary N) is 1. The molecule has 2 rings (SSSR count). The summed E-state index contributed by atoms with van der Waals surface area (Å²) in [6, 6.07) is 7.04. The molecule has 1 aliphatic rings. The monoisotopic (exact) mass is 310 g/mol. The maximum absolute atomic E-state index is 12.3. The van der Waals surface area contributed by atoms with Gasteiger partial charge in [-0.15, -0.1) is 0 Å². The fraction of sp³-hybridized carbons (Fsp3) is 0.500. The van der Waals surface area contributed by atoms with Crippen LogP contribution in [0.1, 0.15) is 37.3 Å². The Morgan fingerprint density at radius 3 is 2.62 bits per heavy atom. The molecule has 1 aromatic rings. The van der Waals surface area contributed by atoms with Crippen LogP contribution in [0.2, 0.25) is 0 Å². The predicted molar refractivity (Wildman–Crippen MR) is 83.2 cm³/mol. The lowest BCUT2D eigenvalue weighted by atomic mass is 10.1. The number of benzene rings is 1. The predicted octanol–water partition coefficient (Wildman–Crippen LogP) is 1.18. The highest BCUT2D eigenvalue weighted by Gasteiger charge is 2.28. The highest BCUT2D eigenvalue weighted by molar-refractivity contribution is 7.87. The van der Waals surface area contributed by atoms with Gasteiger partial charge in [0.1, 0.15) is 5.84 Å². The summed E-state index contributed by atoms with van der Waals surface area (Å²) in [5, 5.41) is 7.32. The average Bonchev–Trinajstić information content (AvgIpc) is 2.46. The molecule has 1 aliphatic heterocycles. The van der Waals surface area contributed by atoms with Crippen LogP contribution in [0.4, 0.5) is 0 Å². The molecule has 0 bridgehead atoms. The van der Waals surface area contributed by atoms with Crippen LogP contribution < -0.4 is 10.5 Å². The zero-order chi connectivity index (χ0) is 15.5. The van der Waals surface area contributed by atoms with Crippen molar-refractivity contribution in [2.24, 2.45) is 5.73 Å². The Bertz CT molecular complexity index is 598. The van der Waals surface area contributed by atoms with Crippen molar-refractivity contribution < 1.29 is 8.42 Å². The zero-order valence-electron chi connectivity index (χ0n) is 12.2. The van der Waals surface area contributed by atoms with E-state index < -0.39 is 10.2 Å². The van der Waals surface area contributed by atoms with E-state index >= 15 is 0 Å². The van der Waals surface area contributed by atoms with Gasteiger partial charge in [0.2, 0.25) is 0 Å². The fourth-order valence-corrected chi connectivity index (χ4v) is 3.95. The maximum Gasteiger partial charge on any atom is 0.279 e. The van der Waals surface area contributed by atoms with E-state index in [0.717, 1.165) is 24.8 Å². The van der Waals surface area contributed by atoms with Crippen LogP contribution in [0.5, 0.6) is 0 Å². The number of hydrogen-bond acceptors (Lipinski definition) is 3. The molecule has 0 spiro atoms. The number of amidine groups is 1. The molecule has 1 saturated heterocycles. The summed E-state index contributed by atoms with van der Waals surface area (Å²) in [5.74, 6) is 0.00396. The molecule has 4 N–H and O–H groups in total. The van der Waals surface area contributed by atoms with Gasteiger partial charge in [-0.3, -0.25) is 5.41 Å². The van der Waals surface area contributed by atoms with Crippen LogP contribution >= 0.6 is 0 Å². The van der Waals surface area contributed by atoms with Crippen LogP contribution in [-0.4, -0.2) is 31.1 Å². The normalized spacial score (nSPS) is 20.3. The molecule has 6 nitrogen and oxygen atoms in total. The van der Waals surface area contributed by atoms with Crippen LogP contribution in [0, 0.1) is 5.41 Å². The van der Waals surface area contributed by atoms with E-state index in [2.05, 4.69) is 4.72 Å². The molecule has 21 heavy (non-hydrogen) atoms. The minimum atomic E-state index is -3.44. The summed E-state index contributed by atoms with van der Waals surface area (Å²) in [6.07, 6.45) is 2.91. The van der Waals surface area contributed by atoms with Crippen molar-refractivity contribution in [2.75, 3.05) is 6.54 Å². The number of nitrogens with zero attached hydrogens (tertiary/aromatic N) is 1.